The molecule has 1 rings (SSSR count). The van der Waals surface area contributed by atoms with Crippen LogP contribution in [0.1, 0.15) is 31.7 Å². The van der Waals surface area contributed by atoms with Crippen LogP contribution in [-0.2, 0) is 20.8 Å². The Morgan fingerprint density at radius 1 is 1.20 bits per heavy atom. The summed E-state index contributed by atoms with van der Waals surface area (Å²) in [5.74, 6) is -2.73. The summed E-state index contributed by atoms with van der Waals surface area (Å²) < 4.78 is 13.0. The number of hydrogen-bond donors (Lipinski definition) is 3. The number of unbranched alkanes of at least 4 members (excludes halogenated alkanes) is 1. The number of carboxylic acid groups (broad SMARTS) is 1. The zero-order chi connectivity index (χ0) is 18.8. The molecule has 0 aliphatic rings. The third-order valence-corrected chi connectivity index (χ3v) is 3.44. The van der Waals surface area contributed by atoms with Gasteiger partial charge < -0.3 is 15.7 Å². The number of carbonyl (C=O) groups excluding carboxylic acids is 2. The zero-order valence-electron chi connectivity index (χ0n) is 13.8. The van der Waals surface area contributed by atoms with Gasteiger partial charge in [-0.3, -0.25) is 9.59 Å². The highest BCUT2D eigenvalue weighted by Crippen LogP contribution is 2.08. The number of amides is 2. The van der Waals surface area contributed by atoms with E-state index in [-0.39, 0.29) is 19.3 Å². The van der Waals surface area contributed by atoms with Crippen LogP contribution in [0.15, 0.2) is 24.3 Å². The summed E-state index contributed by atoms with van der Waals surface area (Å²) in [7, 11) is 0. The minimum absolute atomic E-state index is 0.0935. The van der Waals surface area contributed by atoms with Crippen LogP contribution < -0.4 is 10.6 Å². The molecule has 0 aromatic heterocycles. The number of aliphatic carboxylic acids is 1. The minimum Gasteiger partial charge on any atom is -0.480 e. The molecule has 2 amide bonds. The first-order valence-electron chi connectivity index (χ1n) is 7.75. The van der Waals surface area contributed by atoms with Crippen LogP contribution in [0.4, 0.5) is 4.39 Å². The SMILES string of the molecule is CC(=O)N[C@@H](Cc1ccc(F)cc1)C(=O)N[C@@H](CCCC#N)C(=O)O. The van der Waals surface area contributed by atoms with Crippen LogP contribution >= 0.6 is 0 Å². The van der Waals surface area contributed by atoms with Crippen LogP contribution in [0, 0.1) is 17.1 Å². The molecule has 0 saturated carbocycles. The van der Waals surface area contributed by atoms with Crippen molar-refractivity contribution in [2.45, 2.75) is 44.7 Å². The molecule has 8 heteroatoms. The highest BCUT2D eigenvalue weighted by atomic mass is 19.1. The number of benzene rings is 1. The minimum atomic E-state index is -1.21. The molecule has 0 aliphatic carbocycles. The second kappa shape index (κ2) is 10.0. The van der Waals surface area contributed by atoms with E-state index in [1.54, 1.807) is 0 Å². The molecule has 0 unspecified atom stereocenters. The van der Waals surface area contributed by atoms with Crippen molar-refractivity contribution in [3.8, 4) is 6.07 Å². The number of nitrogens with zero attached hydrogens (tertiary/aromatic N) is 1. The van der Waals surface area contributed by atoms with Gasteiger partial charge in [0.05, 0.1) is 6.07 Å². The molecule has 0 radical (unpaired) electrons. The molecule has 0 spiro atoms. The van der Waals surface area contributed by atoms with Crippen molar-refractivity contribution in [2.75, 3.05) is 0 Å². The highest BCUT2D eigenvalue weighted by Gasteiger charge is 2.25. The molecule has 2 atom stereocenters. The molecule has 0 aliphatic heterocycles. The summed E-state index contributed by atoms with van der Waals surface area (Å²) in [5, 5.41) is 22.5. The fourth-order valence-electron chi connectivity index (χ4n) is 2.23. The molecule has 134 valence electrons. The Bertz CT molecular complexity index is 655. The summed E-state index contributed by atoms with van der Waals surface area (Å²) in [6, 6.07) is 5.22. The predicted molar refractivity (Wildman–Crippen MR) is 86.7 cm³/mol. The number of rotatable bonds is 9. The molecule has 0 bridgehead atoms. The first-order chi connectivity index (χ1) is 11.8. The molecular formula is C17H20FN3O4. The van der Waals surface area contributed by atoms with Crippen molar-refractivity contribution in [3.63, 3.8) is 0 Å². The van der Waals surface area contributed by atoms with Crippen molar-refractivity contribution in [1.82, 2.24) is 10.6 Å². The standard InChI is InChI=1S/C17H20FN3O4/c1-11(22)20-15(10-12-5-7-13(18)8-6-12)16(23)21-14(17(24)25)4-2-3-9-19/h5-8,14-15H,2-4,10H2,1H3,(H,20,22)(H,21,23)(H,24,25)/t14-,15-/m0/s1. The zero-order valence-corrected chi connectivity index (χ0v) is 13.8. The Kier molecular flexibility index (Phi) is 8.06. The normalized spacial score (nSPS) is 12.5. The second-order valence-corrected chi connectivity index (χ2v) is 5.53. The van der Waals surface area contributed by atoms with E-state index in [1.165, 1.54) is 31.2 Å². The predicted octanol–water partition coefficient (Wildman–Crippen LogP) is 1.14. The van der Waals surface area contributed by atoms with E-state index in [2.05, 4.69) is 10.6 Å². The van der Waals surface area contributed by atoms with Gasteiger partial charge in [-0.15, -0.1) is 0 Å². The van der Waals surface area contributed by atoms with Crippen molar-refractivity contribution in [3.05, 3.63) is 35.6 Å². The van der Waals surface area contributed by atoms with Crippen LogP contribution in [0.25, 0.3) is 0 Å². The summed E-state index contributed by atoms with van der Waals surface area (Å²) in [6.07, 6.45) is 0.717. The van der Waals surface area contributed by atoms with Crippen LogP contribution in [0.5, 0.6) is 0 Å². The number of carboxylic acids is 1. The molecule has 3 N–H and O–H groups in total. The third kappa shape index (κ3) is 7.44. The molecule has 0 heterocycles. The quantitative estimate of drug-likeness (QED) is 0.578. The number of nitriles is 1. The van der Waals surface area contributed by atoms with Gasteiger partial charge in [-0.25, -0.2) is 9.18 Å². The van der Waals surface area contributed by atoms with E-state index in [0.29, 0.717) is 12.0 Å². The largest absolute Gasteiger partial charge is 0.480 e. The Morgan fingerprint density at radius 2 is 1.84 bits per heavy atom. The maximum Gasteiger partial charge on any atom is 0.326 e. The molecule has 25 heavy (non-hydrogen) atoms. The lowest BCUT2D eigenvalue weighted by Gasteiger charge is -2.21. The van der Waals surface area contributed by atoms with Gasteiger partial charge in [-0.2, -0.15) is 5.26 Å². The van der Waals surface area contributed by atoms with E-state index in [0.717, 1.165) is 0 Å². The number of halogens is 1. The monoisotopic (exact) mass is 349 g/mol. The van der Waals surface area contributed by atoms with Crippen molar-refractivity contribution >= 4 is 17.8 Å². The fourth-order valence-corrected chi connectivity index (χ4v) is 2.23. The van der Waals surface area contributed by atoms with Gasteiger partial charge in [0.2, 0.25) is 11.8 Å². The van der Waals surface area contributed by atoms with E-state index in [9.17, 15) is 23.9 Å². The molecule has 7 nitrogen and oxygen atoms in total. The molecule has 0 fully saturated rings. The van der Waals surface area contributed by atoms with E-state index >= 15 is 0 Å². The van der Waals surface area contributed by atoms with Gasteiger partial charge >= 0.3 is 5.97 Å². The first kappa shape index (κ1) is 20.1. The lowest BCUT2D eigenvalue weighted by Crippen LogP contribution is -2.52. The fraction of sp³-hybridized carbons (Fsp3) is 0.412. The van der Waals surface area contributed by atoms with E-state index in [4.69, 9.17) is 5.26 Å². The van der Waals surface area contributed by atoms with Crippen LogP contribution in [0.2, 0.25) is 0 Å². The van der Waals surface area contributed by atoms with Crippen molar-refractivity contribution in [2.24, 2.45) is 0 Å². The van der Waals surface area contributed by atoms with Crippen LogP contribution in [-0.4, -0.2) is 35.0 Å². The maximum atomic E-state index is 13.0. The third-order valence-electron chi connectivity index (χ3n) is 3.44. The van der Waals surface area contributed by atoms with Gasteiger partial charge in [-0.1, -0.05) is 12.1 Å². The number of carbonyl (C=O) groups is 3. The molecular weight excluding hydrogens is 329 g/mol. The smallest absolute Gasteiger partial charge is 0.326 e. The molecule has 1 aromatic carbocycles. The highest BCUT2D eigenvalue weighted by molar-refractivity contribution is 5.90. The van der Waals surface area contributed by atoms with Gasteiger partial charge in [0.1, 0.15) is 17.9 Å². The lowest BCUT2D eigenvalue weighted by molar-refractivity contribution is -0.142. The Morgan fingerprint density at radius 3 is 2.36 bits per heavy atom. The second-order valence-electron chi connectivity index (χ2n) is 5.53. The topological polar surface area (TPSA) is 119 Å². The molecule has 0 saturated heterocycles. The van der Waals surface area contributed by atoms with Crippen LogP contribution in [0.3, 0.4) is 0 Å². The average Bonchev–Trinajstić information content (AvgIpc) is 2.54. The maximum absolute atomic E-state index is 13.0. The van der Waals surface area contributed by atoms with Crippen molar-refractivity contribution < 1.29 is 23.9 Å². The van der Waals surface area contributed by atoms with Gasteiger partial charge in [0.15, 0.2) is 0 Å². The Balaban J connectivity index is 2.80. The lowest BCUT2D eigenvalue weighted by atomic mass is 10.0. The summed E-state index contributed by atoms with van der Waals surface area (Å²) in [4.78, 5) is 34.9. The van der Waals surface area contributed by atoms with Gasteiger partial charge in [0.25, 0.3) is 0 Å². The summed E-state index contributed by atoms with van der Waals surface area (Å²) in [6.45, 7) is 1.24. The summed E-state index contributed by atoms with van der Waals surface area (Å²) in [5.41, 5.74) is 0.617. The van der Waals surface area contributed by atoms with E-state index in [1.807, 2.05) is 6.07 Å². The first-order valence-corrected chi connectivity index (χ1v) is 7.75. The Labute approximate surface area is 144 Å². The average molecular weight is 349 g/mol. The Hall–Kier alpha value is -2.95. The number of nitrogens with one attached hydrogen (secondary N) is 2. The van der Waals surface area contributed by atoms with Gasteiger partial charge in [0, 0.05) is 19.8 Å². The number of hydrogen-bond acceptors (Lipinski definition) is 4. The summed E-state index contributed by atoms with van der Waals surface area (Å²) >= 11 is 0. The van der Waals surface area contributed by atoms with Crippen molar-refractivity contribution in [1.29, 1.82) is 5.26 Å². The van der Waals surface area contributed by atoms with Gasteiger partial charge in [-0.05, 0) is 30.5 Å². The molecule has 1 aromatic rings. The van der Waals surface area contributed by atoms with E-state index < -0.39 is 35.7 Å².